The number of rotatable bonds is 6. The highest BCUT2D eigenvalue weighted by molar-refractivity contribution is 7.80. The number of furan rings is 1. The van der Waals surface area contributed by atoms with E-state index in [1.165, 1.54) is 17.7 Å². The van der Waals surface area contributed by atoms with Gasteiger partial charge in [-0.2, -0.15) is 0 Å². The van der Waals surface area contributed by atoms with Crippen molar-refractivity contribution < 1.29 is 13.5 Å². The topological polar surface area (TPSA) is 50.5 Å². The van der Waals surface area contributed by atoms with Crippen LogP contribution in [0.25, 0.3) is 11.3 Å². The molecule has 6 rings (SSSR count). The van der Waals surface area contributed by atoms with Crippen LogP contribution in [0.1, 0.15) is 29.1 Å². The zero-order chi connectivity index (χ0) is 26.1. The van der Waals surface area contributed by atoms with Crippen LogP contribution in [0.2, 0.25) is 0 Å². The van der Waals surface area contributed by atoms with Crippen LogP contribution in [-0.4, -0.2) is 10.1 Å². The van der Waals surface area contributed by atoms with Gasteiger partial charge in [-0.25, -0.2) is 4.39 Å². The molecule has 1 aliphatic rings. The Morgan fingerprint density at radius 1 is 0.868 bits per heavy atom. The van der Waals surface area contributed by atoms with Crippen molar-refractivity contribution in [2.45, 2.75) is 19.0 Å². The number of aromatic nitrogens is 1. The predicted octanol–water partition coefficient (Wildman–Crippen LogP) is 7.76. The number of benzene rings is 3. The Morgan fingerprint density at radius 3 is 2.26 bits per heavy atom. The third-order valence-electron chi connectivity index (χ3n) is 6.52. The second-order valence-corrected chi connectivity index (χ2v) is 9.50. The maximum absolute atomic E-state index is 13.5. The van der Waals surface area contributed by atoms with Gasteiger partial charge in [-0.3, -0.25) is 4.98 Å². The number of hydrogen-bond donors (Lipinski definition) is 1. The van der Waals surface area contributed by atoms with Crippen LogP contribution in [0.3, 0.4) is 0 Å². The first-order valence-electron chi connectivity index (χ1n) is 12.3. The van der Waals surface area contributed by atoms with Crippen LogP contribution in [0.15, 0.2) is 114 Å². The molecular weight excluding hydrogens is 497 g/mol. The molecule has 3 heterocycles. The SMILES string of the molecule is Cc1ccc(Oc2ccc(N3C(=S)N[C@H](c4ccccn4)[C@H]3c3ccc(-c4ccc(F)cc4)o3)cc2)cc1. The Hall–Kier alpha value is -4.49. The van der Waals surface area contributed by atoms with Crippen LogP contribution >= 0.6 is 12.2 Å². The molecule has 0 aliphatic carbocycles. The van der Waals surface area contributed by atoms with Gasteiger partial charge in [0.25, 0.3) is 0 Å². The van der Waals surface area contributed by atoms with E-state index >= 15 is 0 Å². The number of anilines is 1. The molecule has 3 aromatic carbocycles. The van der Waals surface area contributed by atoms with E-state index in [9.17, 15) is 4.39 Å². The van der Waals surface area contributed by atoms with Crippen molar-refractivity contribution in [3.8, 4) is 22.8 Å². The summed E-state index contributed by atoms with van der Waals surface area (Å²) in [5.74, 6) is 2.58. The summed E-state index contributed by atoms with van der Waals surface area (Å²) in [6.07, 6.45) is 1.77. The predicted molar refractivity (Wildman–Crippen MR) is 150 cm³/mol. The van der Waals surface area contributed by atoms with Gasteiger partial charge in [0.1, 0.15) is 34.9 Å². The van der Waals surface area contributed by atoms with Crippen molar-refractivity contribution in [3.63, 3.8) is 0 Å². The number of thiocarbonyl (C=S) groups is 1. The number of nitrogens with one attached hydrogen (secondary N) is 1. The van der Waals surface area contributed by atoms with Crippen LogP contribution in [-0.2, 0) is 0 Å². The first-order valence-corrected chi connectivity index (χ1v) is 12.7. The van der Waals surface area contributed by atoms with Crippen LogP contribution in [0, 0.1) is 12.7 Å². The van der Waals surface area contributed by atoms with Crippen molar-refractivity contribution in [3.05, 3.63) is 132 Å². The smallest absolute Gasteiger partial charge is 0.174 e. The van der Waals surface area contributed by atoms with Gasteiger partial charge in [0, 0.05) is 17.4 Å². The van der Waals surface area contributed by atoms with Crippen molar-refractivity contribution in [2.24, 2.45) is 0 Å². The van der Waals surface area contributed by atoms with Crippen molar-refractivity contribution in [1.82, 2.24) is 10.3 Å². The average Bonchev–Trinajstić information content (AvgIpc) is 3.56. The molecule has 0 radical (unpaired) electrons. The maximum Gasteiger partial charge on any atom is 0.174 e. The third-order valence-corrected chi connectivity index (χ3v) is 6.83. The highest BCUT2D eigenvalue weighted by atomic mass is 32.1. The fourth-order valence-electron chi connectivity index (χ4n) is 4.62. The third kappa shape index (κ3) is 4.76. The molecule has 38 heavy (non-hydrogen) atoms. The first kappa shape index (κ1) is 23.9. The Kier molecular flexibility index (Phi) is 6.35. The number of aryl methyl sites for hydroxylation is 1. The van der Waals surface area contributed by atoms with Crippen molar-refractivity contribution in [1.29, 1.82) is 0 Å². The molecule has 0 unspecified atom stereocenters. The maximum atomic E-state index is 13.5. The molecule has 2 aromatic heterocycles. The number of halogens is 1. The van der Waals surface area contributed by atoms with E-state index in [-0.39, 0.29) is 17.9 Å². The van der Waals surface area contributed by atoms with E-state index in [4.69, 9.17) is 21.4 Å². The van der Waals surface area contributed by atoms with E-state index in [0.29, 0.717) is 16.6 Å². The van der Waals surface area contributed by atoms with Crippen LogP contribution in [0.4, 0.5) is 10.1 Å². The summed E-state index contributed by atoms with van der Waals surface area (Å²) >= 11 is 5.81. The summed E-state index contributed by atoms with van der Waals surface area (Å²) in [7, 11) is 0. The molecule has 7 heteroatoms. The van der Waals surface area contributed by atoms with Gasteiger partial charge in [-0.1, -0.05) is 23.8 Å². The molecule has 0 saturated carbocycles. The highest BCUT2D eigenvalue weighted by Gasteiger charge is 2.42. The van der Waals surface area contributed by atoms with Gasteiger partial charge in [-0.15, -0.1) is 0 Å². The average molecular weight is 522 g/mol. The van der Waals surface area contributed by atoms with Crippen LogP contribution in [0.5, 0.6) is 11.5 Å². The first-order chi connectivity index (χ1) is 18.5. The zero-order valence-corrected chi connectivity index (χ0v) is 21.4. The summed E-state index contributed by atoms with van der Waals surface area (Å²) in [4.78, 5) is 6.63. The summed E-state index contributed by atoms with van der Waals surface area (Å²) < 4.78 is 25.8. The highest BCUT2D eigenvalue weighted by Crippen LogP contribution is 2.43. The van der Waals surface area contributed by atoms with E-state index in [0.717, 1.165) is 28.4 Å². The lowest BCUT2D eigenvalue weighted by atomic mass is 10.0. The minimum absolute atomic E-state index is 0.237. The molecule has 5 nitrogen and oxygen atoms in total. The molecule has 0 spiro atoms. The van der Waals surface area contributed by atoms with Crippen molar-refractivity contribution in [2.75, 3.05) is 4.90 Å². The van der Waals surface area contributed by atoms with Gasteiger partial charge in [-0.05, 0) is 104 Å². The molecule has 0 bridgehead atoms. The molecule has 1 aliphatic heterocycles. The minimum atomic E-state index is -0.296. The number of pyridine rings is 1. The summed E-state index contributed by atoms with van der Waals surface area (Å²) in [5, 5.41) is 4.00. The van der Waals surface area contributed by atoms with E-state index in [1.54, 1.807) is 18.3 Å². The zero-order valence-electron chi connectivity index (χ0n) is 20.5. The Bertz CT molecular complexity index is 1550. The fourth-order valence-corrected chi connectivity index (χ4v) is 4.97. The number of nitrogens with zero attached hydrogens (tertiary/aromatic N) is 2. The lowest BCUT2D eigenvalue weighted by molar-refractivity contribution is 0.439. The molecule has 1 saturated heterocycles. The van der Waals surface area contributed by atoms with Gasteiger partial charge >= 0.3 is 0 Å². The lowest BCUT2D eigenvalue weighted by Crippen LogP contribution is -2.29. The number of hydrogen-bond acceptors (Lipinski definition) is 4. The second-order valence-electron chi connectivity index (χ2n) is 9.11. The van der Waals surface area contributed by atoms with Crippen molar-refractivity contribution >= 4 is 23.0 Å². The Balaban J connectivity index is 1.34. The van der Waals surface area contributed by atoms with E-state index in [2.05, 4.69) is 10.3 Å². The largest absolute Gasteiger partial charge is 0.459 e. The monoisotopic (exact) mass is 521 g/mol. The van der Waals surface area contributed by atoms with Gasteiger partial charge in [0.2, 0.25) is 0 Å². The summed E-state index contributed by atoms with van der Waals surface area (Å²) in [6.45, 7) is 2.04. The second kappa shape index (κ2) is 10.1. The molecular formula is C31H24FN3O2S. The summed E-state index contributed by atoms with van der Waals surface area (Å²) in [5.41, 5.74) is 3.71. The minimum Gasteiger partial charge on any atom is -0.459 e. The van der Waals surface area contributed by atoms with Crippen LogP contribution < -0.4 is 15.0 Å². The molecule has 2 atom stereocenters. The summed E-state index contributed by atoms with van der Waals surface area (Å²) in [6, 6.07) is 31.1. The lowest BCUT2D eigenvalue weighted by Gasteiger charge is -2.26. The number of ether oxygens (including phenoxy) is 1. The van der Waals surface area contributed by atoms with E-state index in [1.807, 2.05) is 90.7 Å². The van der Waals surface area contributed by atoms with Gasteiger partial charge in [0.05, 0.1) is 11.7 Å². The molecule has 1 fully saturated rings. The fraction of sp³-hybridized carbons (Fsp3) is 0.0968. The standard InChI is InChI=1S/C31H24FN3O2S/c1-20-5-13-24(14-6-20)36-25-15-11-23(12-16-25)35-30(29(34-31(35)38)26-4-2-3-19-33-26)28-18-17-27(37-28)21-7-9-22(32)10-8-21/h2-19,29-30H,1H3,(H,34,38)/t29-,30-/m1/s1. The Labute approximate surface area is 225 Å². The Morgan fingerprint density at radius 2 is 1.58 bits per heavy atom. The van der Waals surface area contributed by atoms with E-state index < -0.39 is 0 Å². The normalized spacial score (nSPS) is 16.9. The molecule has 0 amide bonds. The quantitative estimate of drug-likeness (QED) is 0.231. The molecule has 1 N–H and O–H groups in total. The molecule has 188 valence electrons. The van der Waals surface area contributed by atoms with Gasteiger partial charge < -0.3 is 19.4 Å². The molecule has 5 aromatic rings. The van der Waals surface area contributed by atoms with Gasteiger partial charge in [0.15, 0.2) is 5.11 Å².